The predicted molar refractivity (Wildman–Crippen MR) is 105 cm³/mol. The zero-order valence-electron chi connectivity index (χ0n) is 16.4. The molecule has 0 bridgehead atoms. The molecule has 30 heavy (non-hydrogen) atoms. The Morgan fingerprint density at radius 3 is 1.17 bits per heavy atom. The fourth-order valence-electron chi connectivity index (χ4n) is 2.76. The maximum absolute atomic E-state index is 10.8. The van der Waals surface area contributed by atoms with Gasteiger partial charge in [0.05, 0.1) is 11.1 Å². The fraction of sp³-hybridized carbons (Fsp3) is 0.300. The molecule has 0 amide bonds. The number of aromatic carboxylic acids is 2. The van der Waals surface area contributed by atoms with Crippen LogP contribution in [0.5, 0.6) is 34.5 Å². The van der Waals surface area contributed by atoms with Crippen molar-refractivity contribution in [1.82, 2.24) is 0 Å². The van der Waals surface area contributed by atoms with E-state index in [0.717, 1.165) is 12.1 Å². The van der Waals surface area contributed by atoms with Crippen molar-refractivity contribution in [2.75, 3.05) is 0 Å². The van der Waals surface area contributed by atoms with Crippen LogP contribution in [0, 0.1) is 0 Å². The van der Waals surface area contributed by atoms with Crippen molar-refractivity contribution < 1.29 is 50.4 Å². The second-order valence-corrected chi connectivity index (χ2v) is 6.35. The van der Waals surface area contributed by atoms with E-state index in [9.17, 15) is 30.0 Å². The highest BCUT2D eigenvalue weighted by Gasteiger charge is 2.21. The zero-order valence-corrected chi connectivity index (χ0v) is 16.4. The Morgan fingerprint density at radius 1 is 0.633 bits per heavy atom. The number of hydrogen-bond acceptors (Lipinski definition) is 8. The van der Waals surface area contributed by atoms with Crippen LogP contribution in [-0.2, 0) is 12.8 Å². The van der Waals surface area contributed by atoms with Crippen LogP contribution in [0.1, 0.15) is 58.5 Å². The highest BCUT2D eigenvalue weighted by molar-refractivity contribution is 5.92. The number of carbonyl (C=O) groups is 2. The Balaban J connectivity index is 0.000000300. The molecule has 2 aromatic rings. The predicted octanol–water partition coefficient (Wildman–Crippen LogP) is 2.91. The molecular formula is C20H24O10. The van der Waals surface area contributed by atoms with Gasteiger partial charge >= 0.3 is 11.9 Å². The molecule has 0 aliphatic carbocycles. The fourth-order valence-corrected chi connectivity index (χ4v) is 2.76. The molecule has 0 saturated heterocycles. The third-order valence-corrected chi connectivity index (χ3v) is 4.18. The summed E-state index contributed by atoms with van der Waals surface area (Å²) >= 11 is 0. The molecule has 0 fully saturated rings. The molecule has 10 heteroatoms. The molecule has 0 aromatic heterocycles. The Morgan fingerprint density at radius 2 is 0.933 bits per heavy atom. The average Bonchev–Trinajstić information content (AvgIpc) is 2.68. The van der Waals surface area contributed by atoms with Gasteiger partial charge in [-0.15, -0.1) is 0 Å². The van der Waals surface area contributed by atoms with Crippen molar-refractivity contribution in [3.8, 4) is 34.5 Å². The van der Waals surface area contributed by atoms with Gasteiger partial charge in [-0.25, -0.2) is 9.59 Å². The average molecular weight is 424 g/mol. The van der Waals surface area contributed by atoms with E-state index in [2.05, 4.69) is 0 Å². The minimum absolute atomic E-state index is 0.139. The van der Waals surface area contributed by atoms with Gasteiger partial charge in [0.2, 0.25) is 11.5 Å². The van der Waals surface area contributed by atoms with Crippen LogP contribution in [-0.4, -0.2) is 52.8 Å². The minimum Gasteiger partial charge on any atom is -0.504 e. The van der Waals surface area contributed by atoms with Crippen molar-refractivity contribution in [3.63, 3.8) is 0 Å². The lowest BCUT2D eigenvalue weighted by atomic mass is 10.0. The van der Waals surface area contributed by atoms with Gasteiger partial charge in [0, 0.05) is 11.1 Å². The first-order chi connectivity index (χ1) is 14.0. The van der Waals surface area contributed by atoms with Gasteiger partial charge in [0.25, 0.3) is 0 Å². The maximum atomic E-state index is 10.8. The molecule has 10 nitrogen and oxygen atoms in total. The van der Waals surface area contributed by atoms with E-state index < -0.39 is 46.4 Å². The van der Waals surface area contributed by atoms with Crippen LogP contribution < -0.4 is 0 Å². The summed E-state index contributed by atoms with van der Waals surface area (Å²) < 4.78 is 0. The first kappa shape index (κ1) is 24.2. The molecule has 0 heterocycles. The standard InChI is InChI=1S/2C10H12O5/c2*1-2-3-5-6(10(14)15)4-7(11)9(13)8(5)12/h2*4,11-13H,2-3H2,1H3,(H,14,15). The minimum atomic E-state index is -1.25. The van der Waals surface area contributed by atoms with Crippen LogP contribution in [0.2, 0.25) is 0 Å². The molecule has 0 spiro atoms. The van der Waals surface area contributed by atoms with Crippen molar-refractivity contribution in [1.29, 1.82) is 0 Å². The number of carboxylic acid groups (broad SMARTS) is 2. The zero-order chi connectivity index (χ0) is 23.2. The second-order valence-electron chi connectivity index (χ2n) is 6.35. The molecule has 0 aliphatic rings. The van der Waals surface area contributed by atoms with Gasteiger partial charge in [0.15, 0.2) is 23.0 Å². The molecule has 0 atom stereocenters. The summed E-state index contributed by atoms with van der Waals surface area (Å²) in [7, 11) is 0. The highest BCUT2D eigenvalue weighted by atomic mass is 16.4. The number of aromatic hydroxyl groups is 6. The number of hydrogen-bond donors (Lipinski definition) is 8. The largest absolute Gasteiger partial charge is 0.504 e. The molecule has 164 valence electrons. The lowest BCUT2D eigenvalue weighted by Crippen LogP contribution is -2.02. The summed E-state index contributed by atoms with van der Waals surface area (Å²) in [6, 6.07) is 1.87. The molecule has 0 radical (unpaired) electrons. The smallest absolute Gasteiger partial charge is 0.336 e. The summed E-state index contributed by atoms with van der Waals surface area (Å²) in [5.74, 6) is -6.24. The molecule has 2 aromatic carbocycles. The first-order valence-corrected chi connectivity index (χ1v) is 8.97. The Hall–Kier alpha value is -3.82. The Labute approximate surface area is 171 Å². The Kier molecular flexibility index (Phi) is 8.15. The van der Waals surface area contributed by atoms with Gasteiger partial charge in [-0.1, -0.05) is 26.7 Å². The van der Waals surface area contributed by atoms with Crippen molar-refractivity contribution in [2.45, 2.75) is 39.5 Å². The van der Waals surface area contributed by atoms with Gasteiger partial charge in [0.1, 0.15) is 0 Å². The van der Waals surface area contributed by atoms with Crippen LogP contribution in [0.25, 0.3) is 0 Å². The first-order valence-electron chi connectivity index (χ1n) is 8.97. The molecule has 0 aliphatic heterocycles. The van der Waals surface area contributed by atoms with Crippen LogP contribution in [0.15, 0.2) is 12.1 Å². The Bertz CT molecular complexity index is 872. The SMILES string of the molecule is CCCc1c(C(=O)O)cc(O)c(O)c1O.CCCc1c(C(=O)O)cc(O)c(O)c1O. The third-order valence-electron chi connectivity index (χ3n) is 4.18. The van der Waals surface area contributed by atoms with E-state index in [0.29, 0.717) is 25.7 Å². The maximum Gasteiger partial charge on any atom is 0.336 e. The lowest BCUT2D eigenvalue weighted by Gasteiger charge is -2.10. The lowest BCUT2D eigenvalue weighted by molar-refractivity contribution is 0.0684. The molecule has 8 N–H and O–H groups in total. The van der Waals surface area contributed by atoms with Crippen LogP contribution >= 0.6 is 0 Å². The third kappa shape index (κ3) is 5.16. The molecular weight excluding hydrogens is 400 g/mol. The number of phenolic OH excluding ortho intramolecular Hbond substituents is 6. The normalized spacial score (nSPS) is 10.2. The summed E-state index contributed by atoms with van der Waals surface area (Å²) in [5.41, 5.74) is -0.102. The highest BCUT2D eigenvalue weighted by Crippen LogP contribution is 2.41. The summed E-state index contributed by atoms with van der Waals surface area (Å²) in [4.78, 5) is 21.6. The van der Waals surface area contributed by atoms with E-state index in [4.69, 9.17) is 20.4 Å². The number of benzene rings is 2. The van der Waals surface area contributed by atoms with E-state index in [-0.39, 0.29) is 22.3 Å². The number of rotatable bonds is 6. The summed E-state index contributed by atoms with van der Waals surface area (Å²) in [5, 5.41) is 73.3. The van der Waals surface area contributed by atoms with Gasteiger partial charge in [-0.2, -0.15) is 0 Å². The number of phenols is 6. The van der Waals surface area contributed by atoms with E-state index in [1.165, 1.54) is 0 Å². The molecule has 0 saturated carbocycles. The second kappa shape index (κ2) is 10.1. The summed E-state index contributed by atoms with van der Waals surface area (Å²) in [6.07, 6.45) is 1.89. The van der Waals surface area contributed by atoms with Gasteiger partial charge < -0.3 is 40.9 Å². The molecule has 2 rings (SSSR count). The van der Waals surface area contributed by atoms with E-state index in [1.807, 2.05) is 13.8 Å². The summed E-state index contributed by atoms with van der Waals surface area (Å²) in [6.45, 7) is 3.63. The van der Waals surface area contributed by atoms with Crippen molar-refractivity contribution >= 4 is 11.9 Å². The quantitative estimate of drug-likeness (QED) is 0.319. The van der Waals surface area contributed by atoms with Gasteiger partial charge in [-0.05, 0) is 25.0 Å². The number of carboxylic acids is 2. The topological polar surface area (TPSA) is 196 Å². The van der Waals surface area contributed by atoms with E-state index >= 15 is 0 Å². The monoisotopic (exact) mass is 424 g/mol. The van der Waals surface area contributed by atoms with Crippen LogP contribution in [0.4, 0.5) is 0 Å². The molecule has 0 unspecified atom stereocenters. The van der Waals surface area contributed by atoms with Crippen LogP contribution in [0.3, 0.4) is 0 Å². The van der Waals surface area contributed by atoms with E-state index in [1.54, 1.807) is 0 Å². The van der Waals surface area contributed by atoms with Crippen molar-refractivity contribution in [2.24, 2.45) is 0 Å². The van der Waals surface area contributed by atoms with Crippen molar-refractivity contribution in [3.05, 3.63) is 34.4 Å². The van der Waals surface area contributed by atoms with Gasteiger partial charge in [-0.3, -0.25) is 0 Å².